The molecule has 2 heterocycles. The van der Waals surface area contributed by atoms with Crippen LogP contribution < -0.4 is 0 Å². The summed E-state index contributed by atoms with van der Waals surface area (Å²) in [5.41, 5.74) is 0.937. The van der Waals surface area contributed by atoms with Crippen LogP contribution >= 0.6 is 11.8 Å². The number of non-ortho nitro benzene ring substituents is 1. The smallest absolute Gasteiger partial charge is 0.270 e. The summed E-state index contributed by atoms with van der Waals surface area (Å²) in [6, 6.07) is 16.1. The van der Waals surface area contributed by atoms with Crippen LogP contribution in [-0.4, -0.2) is 32.2 Å². The van der Waals surface area contributed by atoms with Gasteiger partial charge in [-0.25, -0.2) is 0 Å². The maximum absolute atomic E-state index is 13.0. The van der Waals surface area contributed by atoms with E-state index in [1.807, 2.05) is 0 Å². The first-order chi connectivity index (χ1) is 15.5. The van der Waals surface area contributed by atoms with Gasteiger partial charge < -0.3 is 9.52 Å². The highest BCUT2D eigenvalue weighted by Crippen LogP contribution is 2.34. The lowest BCUT2D eigenvalue weighted by molar-refractivity contribution is -0.384. The van der Waals surface area contributed by atoms with Crippen LogP contribution in [0.15, 0.2) is 86.5 Å². The lowest BCUT2D eigenvalue weighted by Gasteiger charge is -2.12. The minimum atomic E-state index is -0.491. The number of amidine groups is 1. The van der Waals surface area contributed by atoms with Gasteiger partial charge in [0, 0.05) is 17.7 Å². The van der Waals surface area contributed by atoms with Crippen LogP contribution in [0.4, 0.5) is 5.69 Å². The number of furan rings is 1. The zero-order valence-electron chi connectivity index (χ0n) is 16.5. The van der Waals surface area contributed by atoms with Crippen LogP contribution in [0.2, 0.25) is 0 Å². The summed E-state index contributed by atoms with van der Waals surface area (Å²) in [6.07, 6.45) is 4.47. The van der Waals surface area contributed by atoms with Gasteiger partial charge in [-0.15, -0.1) is 5.10 Å². The summed E-state index contributed by atoms with van der Waals surface area (Å²) >= 11 is 1.10. The van der Waals surface area contributed by atoms with Crippen LogP contribution in [0.3, 0.4) is 0 Å². The van der Waals surface area contributed by atoms with Crippen molar-refractivity contribution in [1.29, 1.82) is 0 Å². The molecule has 1 aromatic heterocycles. The SMILES string of the molecule is O=C1/C(=C/c2cccc([N+](=O)[O-])c2)S/C(=N\N=C\c2ccccc2O)N1Cc1ccco1. The molecule has 1 fully saturated rings. The van der Waals surface area contributed by atoms with Gasteiger partial charge in [0.25, 0.3) is 11.6 Å². The van der Waals surface area contributed by atoms with Crippen molar-refractivity contribution in [3.8, 4) is 5.75 Å². The van der Waals surface area contributed by atoms with Gasteiger partial charge in [0.2, 0.25) is 0 Å². The van der Waals surface area contributed by atoms with Crippen molar-refractivity contribution in [2.75, 3.05) is 0 Å². The number of phenols is 1. The maximum Gasteiger partial charge on any atom is 0.270 e. The molecule has 1 amide bonds. The molecule has 1 aliphatic rings. The molecule has 32 heavy (non-hydrogen) atoms. The van der Waals surface area contributed by atoms with Crippen molar-refractivity contribution in [2.24, 2.45) is 10.2 Å². The Bertz CT molecular complexity index is 1250. The number of hydrogen-bond acceptors (Lipinski definition) is 8. The standard InChI is InChI=1S/C22H16N4O5S/c27-19-9-2-1-6-16(19)13-23-24-22-25(14-18-8-4-10-31-18)21(28)20(32-22)12-15-5-3-7-17(11-15)26(29)30/h1-13,27H,14H2/b20-12-,23-13+,24-22-. The molecule has 0 radical (unpaired) electrons. The van der Waals surface area contributed by atoms with Crippen LogP contribution in [0.1, 0.15) is 16.9 Å². The quantitative estimate of drug-likeness (QED) is 0.258. The molecule has 160 valence electrons. The molecule has 1 aliphatic heterocycles. The molecule has 0 atom stereocenters. The van der Waals surface area contributed by atoms with Gasteiger partial charge in [-0.1, -0.05) is 24.3 Å². The Morgan fingerprint density at radius 3 is 2.75 bits per heavy atom. The second kappa shape index (κ2) is 9.31. The van der Waals surface area contributed by atoms with E-state index in [0.717, 1.165) is 11.8 Å². The van der Waals surface area contributed by atoms with E-state index in [1.165, 1.54) is 35.6 Å². The van der Waals surface area contributed by atoms with Gasteiger partial charge in [0.15, 0.2) is 5.17 Å². The Labute approximate surface area is 186 Å². The summed E-state index contributed by atoms with van der Waals surface area (Å²) in [5.74, 6) is 0.299. The molecule has 2 aromatic carbocycles. The van der Waals surface area contributed by atoms with Crippen LogP contribution in [0, 0.1) is 10.1 Å². The summed E-state index contributed by atoms with van der Waals surface area (Å²) < 4.78 is 5.35. The van der Waals surface area contributed by atoms with Crippen molar-refractivity contribution in [2.45, 2.75) is 6.54 Å². The number of nitro benzene ring substituents is 1. The predicted octanol–water partition coefficient (Wildman–Crippen LogP) is 4.40. The van der Waals surface area contributed by atoms with E-state index in [-0.39, 0.29) is 23.9 Å². The highest BCUT2D eigenvalue weighted by molar-refractivity contribution is 8.18. The summed E-state index contributed by atoms with van der Waals surface area (Å²) in [4.78, 5) is 25.3. The number of phenolic OH excluding ortho intramolecular Hbond substituents is 1. The van der Waals surface area contributed by atoms with Gasteiger partial charge in [-0.2, -0.15) is 5.10 Å². The fourth-order valence-electron chi connectivity index (χ4n) is 2.90. The Morgan fingerprint density at radius 2 is 2.00 bits per heavy atom. The third kappa shape index (κ3) is 4.76. The molecule has 1 N–H and O–H groups in total. The molecular formula is C22H16N4O5S. The number of benzene rings is 2. The molecule has 0 unspecified atom stereocenters. The topological polar surface area (TPSA) is 122 Å². The first-order valence-corrected chi connectivity index (χ1v) is 10.2. The predicted molar refractivity (Wildman–Crippen MR) is 121 cm³/mol. The lowest BCUT2D eigenvalue weighted by Crippen LogP contribution is -2.28. The fourth-order valence-corrected chi connectivity index (χ4v) is 3.83. The molecule has 4 rings (SSSR count). The van der Waals surface area contributed by atoms with Crippen LogP contribution in [0.5, 0.6) is 5.75 Å². The Kier molecular flexibility index (Phi) is 6.13. The third-order valence-corrected chi connectivity index (χ3v) is 5.43. The van der Waals surface area contributed by atoms with Gasteiger partial charge >= 0.3 is 0 Å². The average Bonchev–Trinajstić information content (AvgIpc) is 3.40. The van der Waals surface area contributed by atoms with E-state index in [9.17, 15) is 20.0 Å². The zero-order valence-corrected chi connectivity index (χ0v) is 17.3. The Balaban J connectivity index is 1.64. The lowest BCUT2D eigenvalue weighted by atomic mass is 10.2. The molecule has 1 saturated heterocycles. The van der Waals surface area contributed by atoms with Gasteiger partial charge in [0.1, 0.15) is 11.5 Å². The van der Waals surface area contributed by atoms with E-state index in [2.05, 4.69) is 10.2 Å². The second-order valence-electron chi connectivity index (χ2n) is 6.62. The van der Waals surface area contributed by atoms with Gasteiger partial charge in [-0.05, 0) is 47.7 Å². The molecule has 0 spiro atoms. The van der Waals surface area contributed by atoms with E-state index in [1.54, 1.807) is 48.5 Å². The largest absolute Gasteiger partial charge is 0.507 e. The fraction of sp³-hybridized carbons (Fsp3) is 0.0455. The van der Waals surface area contributed by atoms with Crippen LogP contribution in [-0.2, 0) is 11.3 Å². The first kappa shape index (κ1) is 21.1. The van der Waals surface area contributed by atoms with E-state index >= 15 is 0 Å². The van der Waals surface area contributed by atoms with E-state index in [4.69, 9.17) is 4.42 Å². The number of amides is 1. The number of para-hydroxylation sites is 1. The van der Waals surface area contributed by atoms with Gasteiger partial charge in [-0.3, -0.25) is 19.8 Å². The molecule has 10 heteroatoms. The normalized spacial score (nSPS) is 16.5. The number of carbonyl (C=O) groups excluding carboxylic acids is 1. The zero-order chi connectivity index (χ0) is 22.5. The van der Waals surface area contributed by atoms with Crippen molar-refractivity contribution >= 4 is 40.8 Å². The minimum Gasteiger partial charge on any atom is -0.507 e. The Hall–Kier alpha value is -4.18. The monoisotopic (exact) mass is 448 g/mol. The summed E-state index contributed by atoms with van der Waals surface area (Å²) in [6.45, 7) is 0.149. The Morgan fingerprint density at radius 1 is 1.16 bits per heavy atom. The maximum atomic E-state index is 13.0. The summed E-state index contributed by atoms with van der Waals surface area (Å²) in [7, 11) is 0. The number of nitrogens with zero attached hydrogens (tertiary/aromatic N) is 4. The molecule has 3 aromatic rings. The number of hydrogen-bond donors (Lipinski definition) is 1. The van der Waals surface area contributed by atoms with Crippen molar-refractivity contribution in [1.82, 2.24) is 4.90 Å². The third-order valence-electron chi connectivity index (χ3n) is 4.44. The van der Waals surface area contributed by atoms with Crippen LogP contribution in [0.25, 0.3) is 6.08 Å². The van der Waals surface area contributed by atoms with Crippen molar-refractivity contribution in [3.63, 3.8) is 0 Å². The molecule has 0 saturated carbocycles. The first-order valence-electron chi connectivity index (χ1n) is 9.38. The highest BCUT2D eigenvalue weighted by atomic mass is 32.2. The van der Waals surface area contributed by atoms with Crippen molar-refractivity contribution in [3.05, 3.63) is 98.8 Å². The highest BCUT2D eigenvalue weighted by Gasteiger charge is 2.34. The number of rotatable bonds is 6. The van der Waals surface area contributed by atoms with Crippen molar-refractivity contribution < 1.29 is 19.2 Å². The number of nitro groups is 1. The average molecular weight is 448 g/mol. The minimum absolute atomic E-state index is 0.0605. The molecule has 9 nitrogen and oxygen atoms in total. The summed E-state index contributed by atoms with van der Waals surface area (Å²) in [5, 5.41) is 29.4. The molecule has 0 aliphatic carbocycles. The number of aromatic hydroxyl groups is 1. The number of thioether (sulfide) groups is 1. The molecular weight excluding hydrogens is 432 g/mol. The van der Waals surface area contributed by atoms with Gasteiger partial charge in [0.05, 0.1) is 28.9 Å². The molecule has 0 bridgehead atoms. The van der Waals surface area contributed by atoms with E-state index < -0.39 is 4.92 Å². The second-order valence-corrected chi connectivity index (χ2v) is 7.63. The number of carbonyl (C=O) groups is 1. The van der Waals surface area contributed by atoms with E-state index in [0.29, 0.717) is 27.0 Å².